The van der Waals surface area contributed by atoms with Crippen LogP contribution in [0, 0.1) is 6.92 Å². The van der Waals surface area contributed by atoms with E-state index in [1.165, 1.54) is 12.3 Å². The van der Waals surface area contributed by atoms with E-state index in [0.29, 0.717) is 11.3 Å². The minimum Gasteiger partial charge on any atom is -0.478 e. The van der Waals surface area contributed by atoms with Crippen molar-refractivity contribution in [3.63, 3.8) is 0 Å². The normalized spacial score (nSPS) is 21.1. The first-order valence-corrected chi connectivity index (χ1v) is 10.3. The first-order chi connectivity index (χ1) is 15.0. The lowest BCUT2D eigenvalue weighted by molar-refractivity contribution is -0.146. The number of carboxylic acid groups (broad SMARTS) is 1. The smallest absolute Gasteiger partial charge is 0.348 e. The predicted molar refractivity (Wildman–Crippen MR) is 119 cm³/mol. The molecular formula is C24H25N3O4. The number of hydrogen-bond donors (Lipinski definition) is 2. The van der Waals surface area contributed by atoms with E-state index in [0.717, 1.165) is 37.4 Å². The number of rotatable bonds is 7. The van der Waals surface area contributed by atoms with Gasteiger partial charge in [0.25, 0.3) is 0 Å². The molecular weight excluding hydrogens is 394 g/mol. The van der Waals surface area contributed by atoms with Gasteiger partial charge in [-0.1, -0.05) is 12.1 Å². The number of piperazine rings is 1. The zero-order valence-electron chi connectivity index (χ0n) is 17.3. The summed E-state index contributed by atoms with van der Waals surface area (Å²) in [5, 5.41) is 13.3. The standard InChI is InChI=1S/C24H25N3O4/c1-17-4-2-5-20(16-17)31-22(23(29)30)24(10-3-11-26-24)21(28)18-6-8-19(9-7-18)27-14-12-25-13-15-27/h2-11,16,22,25H,12-15H2,1H3,(H,29,30). The summed E-state index contributed by atoms with van der Waals surface area (Å²) < 4.78 is 5.81. The molecule has 0 radical (unpaired) electrons. The van der Waals surface area contributed by atoms with Gasteiger partial charge in [0.2, 0.25) is 6.10 Å². The molecule has 160 valence electrons. The van der Waals surface area contributed by atoms with Gasteiger partial charge in [-0.15, -0.1) is 0 Å². The number of benzene rings is 2. The van der Waals surface area contributed by atoms with E-state index in [-0.39, 0.29) is 0 Å². The molecule has 0 bridgehead atoms. The highest BCUT2D eigenvalue weighted by molar-refractivity contribution is 6.10. The lowest BCUT2D eigenvalue weighted by atomic mass is 9.84. The second-order valence-corrected chi connectivity index (χ2v) is 7.73. The third-order valence-electron chi connectivity index (χ3n) is 5.57. The molecule has 31 heavy (non-hydrogen) atoms. The number of aliphatic imine (C=N–C) groups is 1. The van der Waals surface area contributed by atoms with Crippen LogP contribution in [0.3, 0.4) is 0 Å². The first kappa shape index (κ1) is 20.8. The molecule has 2 aliphatic heterocycles. The number of ether oxygens (including phenoxy) is 1. The summed E-state index contributed by atoms with van der Waals surface area (Å²) in [5.41, 5.74) is 0.688. The molecule has 2 N–H and O–H groups in total. The molecule has 0 spiro atoms. The molecule has 2 heterocycles. The van der Waals surface area contributed by atoms with Gasteiger partial charge in [0.15, 0.2) is 11.3 Å². The Labute approximate surface area is 181 Å². The van der Waals surface area contributed by atoms with E-state index < -0.39 is 23.4 Å². The van der Waals surface area contributed by atoms with E-state index in [1.54, 1.807) is 36.4 Å². The Balaban J connectivity index is 1.63. The Morgan fingerprint density at radius 2 is 1.90 bits per heavy atom. The van der Waals surface area contributed by atoms with Gasteiger partial charge in [0.05, 0.1) is 0 Å². The van der Waals surface area contributed by atoms with E-state index in [1.807, 2.05) is 25.1 Å². The quantitative estimate of drug-likeness (QED) is 0.670. The van der Waals surface area contributed by atoms with Crippen molar-refractivity contribution < 1.29 is 19.4 Å². The highest BCUT2D eigenvalue weighted by Crippen LogP contribution is 2.31. The molecule has 4 rings (SSSR count). The van der Waals surface area contributed by atoms with Crippen LogP contribution in [-0.2, 0) is 4.79 Å². The maximum Gasteiger partial charge on any atom is 0.348 e. The zero-order chi connectivity index (χ0) is 21.8. The number of carbonyl (C=O) groups is 2. The molecule has 1 saturated heterocycles. The number of Topliss-reactive ketones (excluding diaryl/α,β-unsaturated/α-hetero) is 1. The number of nitrogens with zero attached hydrogens (tertiary/aromatic N) is 2. The van der Waals surface area contributed by atoms with Crippen LogP contribution in [0.1, 0.15) is 15.9 Å². The van der Waals surface area contributed by atoms with Crippen molar-refractivity contribution in [3.8, 4) is 5.75 Å². The minimum absolute atomic E-state index is 0.379. The molecule has 0 amide bonds. The van der Waals surface area contributed by atoms with E-state index in [9.17, 15) is 14.7 Å². The number of aliphatic carboxylic acids is 1. The Hall–Kier alpha value is -3.45. The van der Waals surface area contributed by atoms with Crippen molar-refractivity contribution in [2.45, 2.75) is 18.6 Å². The van der Waals surface area contributed by atoms with Gasteiger partial charge < -0.3 is 20.1 Å². The number of hydrogen-bond acceptors (Lipinski definition) is 6. The summed E-state index contributed by atoms with van der Waals surface area (Å²) in [6.45, 7) is 5.52. The number of carbonyl (C=O) groups excluding carboxylic acids is 1. The number of aryl methyl sites for hydroxylation is 1. The van der Waals surface area contributed by atoms with Crippen molar-refractivity contribution in [1.82, 2.24) is 5.32 Å². The molecule has 7 heteroatoms. The number of anilines is 1. The monoisotopic (exact) mass is 419 g/mol. The van der Waals surface area contributed by atoms with E-state index >= 15 is 0 Å². The molecule has 2 atom stereocenters. The van der Waals surface area contributed by atoms with Gasteiger partial charge in [-0.05, 0) is 61.0 Å². The topological polar surface area (TPSA) is 91.2 Å². The second-order valence-electron chi connectivity index (χ2n) is 7.73. The van der Waals surface area contributed by atoms with E-state index in [4.69, 9.17) is 4.74 Å². The summed E-state index contributed by atoms with van der Waals surface area (Å²) in [5.74, 6) is -1.29. The van der Waals surface area contributed by atoms with E-state index in [2.05, 4.69) is 15.2 Å². The van der Waals surface area contributed by atoms with Gasteiger partial charge in [-0.3, -0.25) is 9.79 Å². The molecule has 2 aliphatic rings. The zero-order valence-corrected chi connectivity index (χ0v) is 17.3. The number of nitrogens with one attached hydrogen (secondary N) is 1. The Morgan fingerprint density at radius 3 is 2.52 bits per heavy atom. The van der Waals surface area contributed by atoms with Crippen molar-refractivity contribution in [1.29, 1.82) is 0 Å². The van der Waals surface area contributed by atoms with Gasteiger partial charge in [0, 0.05) is 43.6 Å². The fourth-order valence-corrected chi connectivity index (χ4v) is 3.94. The molecule has 1 fully saturated rings. The SMILES string of the molecule is Cc1cccc(OC(C(=O)O)C2(C(=O)c3ccc(N4CCNCC4)cc3)C=CC=N2)c1. The Morgan fingerprint density at radius 1 is 1.16 bits per heavy atom. The minimum atomic E-state index is -1.66. The van der Waals surface area contributed by atoms with Gasteiger partial charge in [-0.2, -0.15) is 0 Å². The average molecular weight is 419 g/mol. The molecule has 0 saturated carbocycles. The largest absolute Gasteiger partial charge is 0.478 e. The molecule has 2 aromatic rings. The third-order valence-corrected chi connectivity index (χ3v) is 5.57. The van der Waals surface area contributed by atoms with Crippen LogP contribution in [-0.4, -0.2) is 60.9 Å². The lowest BCUT2D eigenvalue weighted by Crippen LogP contribution is -2.52. The molecule has 2 aromatic carbocycles. The van der Waals surface area contributed by atoms with Crippen LogP contribution in [0.2, 0.25) is 0 Å². The number of allylic oxidation sites excluding steroid dienone is 1. The molecule has 0 aliphatic carbocycles. The number of carboxylic acids is 1. The highest BCUT2D eigenvalue weighted by Gasteiger charge is 2.50. The Kier molecular flexibility index (Phi) is 5.86. The number of ketones is 1. The van der Waals surface area contributed by atoms with Crippen LogP contribution in [0.15, 0.2) is 65.7 Å². The first-order valence-electron chi connectivity index (χ1n) is 10.3. The van der Waals surface area contributed by atoms with Crippen molar-refractivity contribution in [2.24, 2.45) is 4.99 Å². The summed E-state index contributed by atoms with van der Waals surface area (Å²) in [6.07, 6.45) is 3.05. The highest BCUT2D eigenvalue weighted by atomic mass is 16.5. The maximum absolute atomic E-state index is 13.5. The van der Waals surface area contributed by atoms with Gasteiger partial charge in [0.1, 0.15) is 5.75 Å². The maximum atomic E-state index is 13.5. The van der Waals surface area contributed by atoms with Crippen LogP contribution >= 0.6 is 0 Å². The second kappa shape index (κ2) is 8.73. The fraction of sp³-hybridized carbons (Fsp3) is 0.292. The third kappa shape index (κ3) is 4.22. The molecule has 7 nitrogen and oxygen atoms in total. The van der Waals surface area contributed by atoms with Crippen LogP contribution < -0.4 is 15.0 Å². The summed E-state index contributed by atoms with van der Waals surface area (Å²) in [6, 6.07) is 14.3. The fourth-order valence-electron chi connectivity index (χ4n) is 3.94. The lowest BCUT2D eigenvalue weighted by Gasteiger charge is -2.31. The molecule has 2 unspecified atom stereocenters. The van der Waals surface area contributed by atoms with Crippen LogP contribution in [0.5, 0.6) is 5.75 Å². The van der Waals surface area contributed by atoms with Crippen molar-refractivity contribution in [2.75, 3.05) is 31.1 Å². The Bertz CT molecular complexity index is 1010. The average Bonchev–Trinajstić information content (AvgIpc) is 3.28. The van der Waals surface area contributed by atoms with Crippen molar-refractivity contribution >= 4 is 23.7 Å². The summed E-state index contributed by atoms with van der Waals surface area (Å²) >= 11 is 0. The van der Waals surface area contributed by atoms with Crippen molar-refractivity contribution in [3.05, 3.63) is 71.8 Å². The molecule has 0 aromatic heterocycles. The summed E-state index contributed by atoms with van der Waals surface area (Å²) in [7, 11) is 0. The predicted octanol–water partition coefficient (Wildman–Crippen LogP) is 2.50. The van der Waals surface area contributed by atoms with Gasteiger partial charge in [-0.25, -0.2) is 4.79 Å². The van der Waals surface area contributed by atoms with Gasteiger partial charge >= 0.3 is 5.97 Å². The van der Waals surface area contributed by atoms with Crippen LogP contribution in [0.4, 0.5) is 5.69 Å². The summed E-state index contributed by atoms with van der Waals surface area (Å²) in [4.78, 5) is 32.2. The van der Waals surface area contributed by atoms with Crippen LogP contribution in [0.25, 0.3) is 0 Å².